The largest absolute Gasteiger partial charge is 0.478 e. The van der Waals surface area contributed by atoms with Crippen LogP contribution in [0.15, 0.2) is 46.2 Å². The Balaban J connectivity index is 2.43. The Labute approximate surface area is 125 Å². The minimum absolute atomic E-state index is 0.0167. The predicted molar refractivity (Wildman–Crippen MR) is 80.1 cm³/mol. The second kappa shape index (κ2) is 5.97. The van der Waals surface area contributed by atoms with Crippen LogP contribution in [-0.2, 0) is 0 Å². The highest BCUT2D eigenvalue weighted by Gasteiger charge is 2.16. The first-order valence-corrected chi connectivity index (χ1v) is 6.97. The van der Waals surface area contributed by atoms with Gasteiger partial charge in [0.05, 0.1) is 15.4 Å². The summed E-state index contributed by atoms with van der Waals surface area (Å²) in [6.07, 6.45) is 0. The third-order valence-electron chi connectivity index (χ3n) is 2.98. The summed E-state index contributed by atoms with van der Waals surface area (Å²) in [6.45, 7) is 3.57. The van der Waals surface area contributed by atoms with E-state index >= 15 is 0 Å². The minimum Gasteiger partial charge on any atom is -0.478 e. The van der Waals surface area contributed by atoms with Gasteiger partial charge in [-0.1, -0.05) is 23.9 Å². The fourth-order valence-corrected chi connectivity index (χ4v) is 2.93. The van der Waals surface area contributed by atoms with Gasteiger partial charge in [0, 0.05) is 11.0 Å². The number of carboxylic acids is 1. The van der Waals surface area contributed by atoms with Gasteiger partial charge in [-0.2, -0.15) is 0 Å². The molecule has 6 heteroatoms. The number of aromatic carboxylic acids is 1. The average Bonchev–Trinajstić information content (AvgIpc) is 2.40. The number of rotatable bonds is 4. The molecule has 1 N–H and O–H groups in total. The topological polar surface area (TPSA) is 80.4 Å². The molecular formula is C15H13NO4S. The van der Waals surface area contributed by atoms with Crippen molar-refractivity contribution in [2.75, 3.05) is 0 Å². The van der Waals surface area contributed by atoms with Gasteiger partial charge in [-0.15, -0.1) is 0 Å². The Bertz CT molecular complexity index is 728. The molecule has 0 atom stereocenters. The molecule has 0 radical (unpaired) electrons. The molecule has 0 unspecified atom stereocenters. The van der Waals surface area contributed by atoms with Gasteiger partial charge in [0.2, 0.25) is 0 Å². The zero-order chi connectivity index (χ0) is 15.6. The third kappa shape index (κ3) is 3.41. The summed E-state index contributed by atoms with van der Waals surface area (Å²) in [5, 5.41) is 20.2. The second-order valence-electron chi connectivity index (χ2n) is 4.61. The fourth-order valence-electron chi connectivity index (χ4n) is 1.88. The minimum atomic E-state index is -1.01. The Morgan fingerprint density at radius 1 is 1.19 bits per heavy atom. The van der Waals surface area contributed by atoms with Gasteiger partial charge in [0.25, 0.3) is 5.69 Å². The highest BCUT2D eigenvalue weighted by atomic mass is 32.2. The lowest BCUT2D eigenvalue weighted by Crippen LogP contribution is -1.99. The molecule has 0 spiro atoms. The molecule has 2 rings (SSSR count). The number of aryl methyl sites for hydroxylation is 2. The number of benzene rings is 2. The molecule has 0 fully saturated rings. The summed E-state index contributed by atoms with van der Waals surface area (Å²) in [5.41, 5.74) is 1.79. The lowest BCUT2D eigenvalue weighted by Gasteiger charge is -2.07. The molecular weight excluding hydrogens is 290 g/mol. The maximum Gasteiger partial charge on any atom is 0.335 e. The van der Waals surface area contributed by atoms with Crippen molar-refractivity contribution < 1.29 is 14.8 Å². The molecule has 0 saturated heterocycles. The van der Waals surface area contributed by atoms with E-state index in [9.17, 15) is 14.9 Å². The number of hydrogen-bond acceptors (Lipinski definition) is 4. The summed E-state index contributed by atoms with van der Waals surface area (Å²) in [6, 6.07) is 9.87. The van der Waals surface area contributed by atoms with Crippen molar-refractivity contribution in [3.8, 4) is 0 Å². The maximum absolute atomic E-state index is 11.1. The smallest absolute Gasteiger partial charge is 0.335 e. The van der Waals surface area contributed by atoms with E-state index in [1.54, 1.807) is 31.2 Å². The molecule has 0 bridgehead atoms. The summed E-state index contributed by atoms with van der Waals surface area (Å²) in [4.78, 5) is 22.9. The Hall–Kier alpha value is -2.34. The second-order valence-corrected chi connectivity index (χ2v) is 5.73. The lowest BCUT2D eigenvalue weighted by atomic mass is 10.1. The lowest BCUT2D eigenvalue weighted by molar-refractivity contribution is -0.387. The molecule has 0 aliphatic heterocycles. The van der Waals surface area contributed by atoms with Crippen molar-refractivity contribution in [3.05, 3.63) is 63.2 Å². The maximum atomic E-state index is 11.1. The Morgan fingerprint density at radius 2 is 1.90 bits per heavy atom. The van der Waals surface area contributed by atoms with Gasteiger partial charge < -0.3 is 5.11 Å². The number of nitro groups is 1. The van der Waals surface area contributed by atoms with Crippen LogP contribution in [0.25, 0.3) is 0 Å². The van der Waals surface area contributed by atoms with Crippen molar-refractivity contribution in [3.63, 3.8) is 0 Å². The van der Waals surface area contributed by atoms with Crippen LogP contribution in [0.4, 0.5) is 5.69 Å². The van der Waals surface area contributed by atoms with Gasteiger partial charge >= 0.3 is 5.97 Å². The molecule has 108 valence electrons. The van der Waals surface area contributed by atoms with Crippen molar-refractivity contribution in [1.82, 2.24) is 0 Å². The molecule has 2 aromatic rings. The van der Waals surface area contributed by atoms with Crippen LogP contribution in [0, 0.1) is 24.0 Å². The zero-order valence-electron chi connectivity index (χ0n) is 11.5. The monoisotopic (exact) mass is 303 g/mol. The fraction of sp³-hybridized carbons (Fsp3) is 0.133. The van der Waals surface area contributed by atoms with E-state index in [0.717, 1.165) is 5.56 Å². The van der Waals surface area contributed by atoms with Crippen molar-refractivity contribution in [2.45, 2.75) is 23.6 Å². The normalized spacial score (nSPS) is 10.4. The van der Waals surface area contributed by atoms with Gasteiger partial charge in [-0.3, -0.25) is 10.1 Å². The molecule has 0 heterocycles. The highest BCUT2D eigenvalue weighted by molar-refractivity contribution is 7.99. The molecule has 0 amide bonds. The molecule has 2 aromatic carbocycles. The summed E-state index contributed by atoms with van der Waals surface area (Å²) in [7, 11) is 0. The zero-order valence-corrected chi connectivity index (χ0v) is 12.3. The van der Waals surface area contributed by atoms with Crippen molar-refractivity contribution in [1.29, 1.82) is 0 Å². The van der Waals surface area contributed by atoms with E-state index < -0.39 is 10.9 Å². The molecule has 0 aromatic heterocycles. The Morgan fingerprint density at radius 3 is 2.52 bits per heavy atom. The molecule has 21 heavy (non-hydrogen) atoms. The SMILES string of the molecule is Cc1ccc([N+](=O)[O-])c(Sc2ccc(C)c(C(=O)O)c2)c1. The first kappa shape index (κ1) is 15.1. The number of carboxylic acid groups (broad SMARTS) is 1. The predicted octanol–water partition coefficient (Wildman–Crippen LogP) is 4.06. The highest BCUT2D eigenvalue weighted by Crippen LogP contribution is 2.36. The van der Waals surface area contributed by atoms with Crippen LogP contribution in [-0.4, -0.2) is 16.0 Å². The van der Waals surface area contributed by atoms with Gasteiger partial charge in [-0.05, 0) is 43.2 Å². The van der Waals surface area contributed by atoms with Crippen LogP contribution in [0.3, 0.4) is 0 Å². The van der Waals surface area contributed by atoms with E-state index in [1.807, 2.05) is 6.92 Å². The van der Waals surface area contributed by atoms with Crippen LogP contribution < -0.4 is 0 Å². The van der Waals surface area contributed by atoms with E-state index in [1.165, 1.54) is 23.9 Å². The van der Waals surface area contributed by atoms with Gasteiger partial charge in [0.1, 0.15) is 0 Å². The molecule has 0 aliphatic carbocycles. The van der Waals surface area contributed by atoms with Crippen LogP contribution in [0.2, 0.25) is 0 Å². The van der Waals surface area contributed by atoms with E-state index in [4.69, 9.17) is 5.11 Å². The van der Waals surface area contributed by atoms with Crippen molar-refractivity contribution >= 4 is 23.4 Å². The average molecular weight is 303 g/mol. The Kier molecular flexibility index (Phi) is 4.28. The first-order valence-electron chi connectivity index (χ1n) is 6.15. The summed E-state index contributed by atoms with van der Waals surface area (Å²) in [5.74, 6) is -1.01. The first-order chi connectivity index (χ1) is 9.88. The van der Waals surface area contributed by atoms with Crippen LogP contribution in [0.1, 0.15) is 21.5 Å². The van der Waals surface area contributed by atoms with Crippen LogP contribution >= 0.6 is 11.8 Å². The molecule has 5 nitrogen and oxygen atoms in total. The molecule has 0 aliphatic rings. The number of nitro benzene ring substituents is 1. The summed E-state index contributed by atoms with van der Waals surface area (Å²) >= 11 is 1.19. The van der Waals surface area contributed by atoms with Gasteiger partial charge in [0.15, 0.2) is 0 Å². The number of nitrogens with zero attached hydrogens (tertiary/aromatic N) is 1. The van der Waals surface area contributed by atoms with Crippen LogP contribution in [0.5, 0.6) is 0 Å². The molecule has 0 saturated carbocycles. The number of carbonyl (C=O) groups is 1. The standard InChI is InChI=1S/C15H13NO4S/c1-9-3-6-13(16(19)20)14(7-9)21-11-5-4-10(2)12(8-11)15(17)18/h3-8H,1-2H3,(H,17,18). The van der Waals surface area contributed by atoms with Crippen molar-refractivity contribution in [2.24, 2.45) is 0 Å². The van der Waals surface area contributed by atoms with E-state index in [-0.39, 0.29) is 11.3 Å². The third-order valence-corrected chi connectivity index (χ3v) is 4.02. The van der Waals surface area contributed by atoms with Gasteiger partial charge in [-0.25, -0.2) is 4.79 Å². The van der Waals surface area contributed by atoms with E-state index in [2.05, 4.69) is 0 Å². The number of hydrogen-bond donors (Lipinski definition) is 1. The summed E-state index contributed by atoms with van der Waals surface area (Å²) < 4.78 is 0. The van der Waals surface area contributed by atoms with E-state index in [0.29, 0.717) is 15.4 Å². The quantitative estimate of drug-likeness (QED) is 0.680.